The minimum absolute atomic E-state index is 0.101. The van der Waals surface area contributed by atoms with Crippen LogP contribution in [0.3, 0.4) is 0 Å². The number of carboxylic acids is 2. The number of aliphatic carboxylic acids is 2. The molecule has 3 aromatic rings. The Hall–Kier alpha value is -4.13. The van der Waals surface area contributed by atoms with E-state index in [4.69, 9.17) is 4.74 Å². The van der Waals surface area contributed by atoms with Crippen LogP contribution in [0, 0.1) is 20.8 Å². The van der Waals surface area contributed by atoms with Gasteiger partial charge in [-0.25, -0.2) is 4.79 Å². The van der Waals surface area contributed by atoms with Gasteiger partial charge in [0.25, 0.3) is 0 Å². The zero-order valence-corrected chi connectivity index (χ0v) is 21.1. The highest BCUT2D eigenvalue weighted by Crippen LogP contribution is 2.41. The minimum Gasteiger partial charge on any atom is -0.489 e. The largest absolute Gasteiger partial charge is 0.489 e. The average molecular weight is 487 g/mol. The van der Waals surface area contributed by atoms with Crippen molar-refractivity contribution in [3.63, 3.8) is 0 Å². The summed E-state index contributed by atoms with van der Waals surface area (Å²) in [5.41, 5.74) is 5.19. The number of ether oxygens (including phenoxy) is 1. The molecule has 0 bridgehead atoms. The molecular formula is C29H30N2O5. The first-order chi connectivity index (χ1) is 17.0. The Morgan fingerprint density at radius 2 is 1.81 bits per heavy atom. The van der Waals surface area contributed by atoms with E-state index in [1.165, 1.54) is 0 Å². The molecule has 7 heteroatoms. The van der Waals surface area contributed by atoms with Gasteiger partial charge in [-0.05, 0) is 79.8 Å². The molecule has 0 aliphatic heterocycles. The predicted molar refractivity (Wildman–Crippen MR) is 137 cm³/mol. The summed E-state index contributed by atoms with van der Waals surface area (Å²) in [6, 6.07) is 13.4. The number of aryl methyl sites for hydroxylation is 4. The molecule has 1 aliphatic rings. The number of carbonyl (C=O) groups is 2. The molecule has 0 saturated carbocycles. The van der Waals surface area contributed by atoms with Crippen molar-refractivity contribution in [1.82, 2.24) is 9.78 Å². The van der Waals surface area contributed by atoms with Gasteiger partial charge in [-0.1, -0.05) is 30.4 Å². The lowest BCUT2D eigenvalue weighted by atomic mass is 9.69. The fraction of sp³-hybridized carbons (Fsp3) is 0.276. The van der Waals surface area contributed by atoms with Crippen molar-refractivity contribution in [2.45, 2.75) is 46.1 Å². The van der Waals surface area contributed by atoms with Gasteiger partial charge in [-0.3, -0.25) is 9.48 Å². The van der Waals surface area contributed by atoms with Crippen LogP contribution in [0.25, 0.3) is 11.3 Å². The maximum atomic E-state index is 12.6. The number of hydrogen-bond donors (Lipinski definition) is 2. The molecular weight excluding hydrogens is 456 g/mol. The lowest BCUT2D eigenvalue weighted by Gasteiger charge is -2.32. The Kier molecular flexibility index (Phi) is 6.59. The first kappa shape index (κ1) is 25.0. The lowest BCUT2D eigenvalue weighted by molar-refractivity contribution is -0.142. The van der Waals surface area contributed by atoms with Crippen LogP contribution < -0.4 is 4.74 Å². The molecule has 1 aliphatic carbocycles. The molecule has 4 rings (SSSR count). The monoisotopic (exact) mass is 486 g/mol. The van der Waals surface area contributed by atoms with Gasteiger partial charge in [-0.15, -0.1) is 0 Å². The summed E-state index contributed by atoms with van der Waals surface area (Å²) in [5, 5.41) is 24.5. The molecule has 186 valence electrons. The van der Waals surface area contributed by atoms with Gasteiger partial charge in [0.05, 0.1) is 5.69 Å². The van der Waals surface area contributed by atoms with Crippen molar-refractivity contribution < 1.29 is 24.5 Å². The number of hydrogen-bond acceptors (Lipinski definition) is 4. The molecule has 2 N–H and O–H groups in total. The maximum Gasteiger partial charge on any atom is 0.331 e. The molecule has 1 unspecified atom stereocenters. The quantitative estimate of drug-likeness (QED) is 0.471. The number of allylic oxidation sites excluding steroid dienone is 2. The summed E-state index contributed by atoms with van der Waals surface area (Å²) in [5.74, 6) is -1.51. The van der Waals surface area contributed by atoms with Gasteiger partial charge in [-0.2, -0.15) is 5.10 Å². The second kappa shape index (κ2) is 9.49. The van der Waals surface area contributed by atoms with Gasteiger partial charge < -0.3 is 14.9 Å². The third-order valence-electron chi connectivity index (χ3n) is 7.04. The smallest absolute Gasteiger partial charge is 0.331 e. The second-order valence-electron chi connectivity index (χ2n) is 9.42. The standard InChI is InChI=1S/C29H30N2O5/c1-17-7-6-8-24(29(28(34)35)12-11-18(2)22(15-29)27(32)33)23(17)16-36-26-10-9-21(13-19(26)3)25-14-20(4)31(5)30-25/h6-14H,15-16H2,1-5H3,(H,32,33)(H,34,35). The number of aromatic nitrogens is 2. The topological polar surface area (TPSA) is 102 Å². The highest BCUT2D eigenvalue weighted by atomic mass is 16.5. The van der Waals surface area contributed by atoms with Crippen molar-refractivity contribution in [3.8, 4) is 17.0 Å². The highest BCUT2D eigenvalue weighted by Gasteiger charge is 2.43. The summed E-state index contributed by atoms with van der Waals surface area (Å²) in [7, 11) is 1.91. The van der Waals surface area contributed by atoms with E-state index in [-0.39, 0.29) is 18.6 Å². The Labute approximate surface area is 210 Å². The summed E-state index contributed by atoms with van der Waals surface area (Å²) < 4.78 is 8.04. The van der Waals surface area contributed by atoms with Crippen LogP contribution in [0.1, 0.15) is 41.3 Å². The van der Waals surface area contributed by atoms with E-state index in [1.807, 2.05) is 62.8 Å². The molecule has 7 nitrogen and oxygen atoms in total. The molecule has 1 aromatic heterocycles. The summed E-state index contributed by atoms with van der Waals surface area (Å²) in [6.07, 6.45) is 3.06. The van der Waals surface area contributed by atoms with Crippen LogP contribution in [0.2, 0.25) is 0 Å². The minimum atomic E-state index is -1.49. The predicted octanol–water partition coefficient (Wildman–Crippen LogP) is 5.27. The maximum absolute atomic E-state index is 12.6. The SMILES string of the molecule is CC1=C(C(=O)O)CC(C(=O)O)(c2cccc(C)c2COc2ccc(-c3cc(C)n(C)n3)cc2C)C=C1. The normalized spacial score (nSPS) is 17.4. The van der Waals surface area contributed by atoms with Crippen LogP contribution in [-0.4, -0.2) is 31.9 Å². The lowest BCUT2D eigenvalue weighted by Crippen LogP contribution is -2.38. The number of nitrogens with zero attached hydrogens (tertiary/aromatic N) is 2. The van der Waals surface area contributed by atoms with Crippen LogP contribution in [0.5, 0.6) is 5.75 Å². The van der Waals surface area contributed by atoms with Crippen LogP contribution >= 0.6 is 0 Å². The first-order valence-corrected chi connectivity index (χ1v) is 11.7. The second-order valence-corrected chi connectivity index (χ2v) is 9.42. The van der Waals surface area contributed by atoms with E-state index in [0.717, 1.165) is 33.6 Å². The molecule has 1 heterocycles. The zero-order chi connectivity index (χ0) is 26.2. The molecule has 36 heavy (non-hydrogen) atoms. The molecule has 0 fully saturated rings. The number of carboxylic acid groups (broad SMARTS) is 2. The number of rotatable bonds is 7. The first-order valence-electron chi connectivity index (χ1n) is 11.7. The Bertz CT molecular complexity index is 1410. The Morgan fingerprint density at radius 1 is 1.06 bits per heavy atom. The van der Waals surface area contributed by atoms with E-state index in [1.54, 1.807) is 31.2 Å². The van der Waals surface area contributed by atoms with E-state index in [9.17, 15) is 19.8 Å². The van der Waals surface area contributed by atoms with Gasteiger partial charge in [0.15, 0.2) is 0 Å². The summed E-state index contributed by atoms with van der Waals surface area (Å²) in [4.78, 5) is 24.5. The Balaban J connectivity index is 1.67. The van der Waals surface area contributed by atoms with E-state index < -0.39 is 17.4 Å². The Morgan fingerprint density at radius 3 is 2.42 bits per heavy atom. The summed E-state index contributed by atoms with van der Waals surface area (Å²) >= 11 is 0. The molecule has 0 spiro atoms. The van der Waals surface area contributed by atoms with Crippen molar-refractivity contribution in [2.75, 3.05) is 0 Å². The fourth-order valence-electron chi connectivity index (χ4n) is 4.67. The van der Waals surface area contributed by atoms with Crippen molar-refractivity contribution in [3.05, 3.63) is 93.7 Å². The molecule has 0 saturated heterocycles. The van der Waals surface area contributed by atoms with Gasteiger partial charge >= 0.3 is 11.9 Å². The van der Waals surface area contributed by atoms with Crippen molar-refractivity contribution >= 4 is 11.9 Å². The van der Waals surface area contributed by atoms with Gasteiger partial charge in [0.1, 0.15) is 17.8 Å². The third-order valence-corrected chi connectivity index (χ3v) is 7.04. The van der Waals surface area contributed by atoms with Crippen molar-refractivity contribution in [1.29, 1.82) is 0 Å². The third kappa shape index (κ3) is 4.44. The fourth-order valence-corrected chi connectivity index (χ4v) is 4.67. The molecule has 0 amide bonds. The van der Waals surface area contributed by atoms with E-state index in [2.05, 4.69) is 5.10 Å². The van der Waals surface area contributed by atoms with Gasteiger partial charge in [0, 0.05) is 30.3 Å². The van der Waals surface area contributed by atoms with E-state index >= 15 is 0 Å². The zero-order valence-electron chi connectivity index (χ0n) is 21.1. The van der Waals surface area contributed by atoms with Crippen LogP contribution in [-0.2, 0) is 28.7 Å². The summed E-state index contributed by atoms with van der Waals surface area (Å²) in [6.45, 7) is 7.71. The molecule has 2 aromatic carbocycles. The van der Waals surface area contributed by atoms with Crippen LogP contribution in [0.15, 0.2) is 65.8 Å². The van der Waals surface area contributed by atoms with E-state index in [0.29, 0.717) is 16.9 Å². The average Bonchev–Trinajstić information content (AvgIpc) is 3.17. The number of benzene rings is 2. The highest BCUT2D eigenvalue weighted by molar-refractivity contribution is 5.94. The van der Waals surface area contributed by atoms with Gasteiger partial charge in [0.2, 0.25) is 0 Å². The molecule has 1 atom stereocenters. The molecule has 0 radical (unpaired) electrons. The van der Waals surface area contributed by atoms with Crippen LogP contribution in [0.4, 0.5) is 0 Å². The van der Waals surface area contributed by atoms with Crippen molar-refractivity contribution in [2.24, 2.45) is 7.05 Å².